The second-order valence-electron chi connectivity index (χ2n) is 6.96. The molecule has 0 bridgehead atoms. The first kappa shape index (κ1) is 20.8. The lowest BCUT2D eigenvalue weighted by Gasteiger charge is -2.29. The maximum atomic E-state index is 13.4. The number of hydrogen-bond donors (Lipinski definition) is 0. The van der Waals surface area contributed by atoms with E-state index in [1.807, 2.05) is 43.3 Å². The lowest BCUT2D eigenvalue weighted by atomic mass is 10.2. The highest BCUT2D eigenvalue weighted by Crippen LogP contribution is 2.36. The van der Waals surface area contributed by atoms with Gasteiger partial charge in [0.1, 0.15) is 0 Å². The number of hydrogen-bond acceptors (Lipinski definition) is 5. The fourth-order valence-corrected chi connectivity index (χ4v) is 5.07. The Balaban J connectivity index is 1.68. The SMILES string of the molecule is Cc1ccc(Cl)c2sc(N(CCN3CCOCC3)C(=O)c3cccc(Br)c3)nc12. The molecule has 1 aromatic heterocycles. The molecule has 0 saturated carbocycles. The number of morpholine rings is 1. The van der Waals surface area contributed by atoms with Crippen LogP contribution in [-0.4, -0.2) is 55.2 Å². The van der Waals surface area contributed by atoms with Gasteiger partial charge in [0.25, 0.3) is 5.91 Å². The molecule has 2 heterocycles. The molecule has 1 saturated heterocycles. The van der Waals surface area contributed by atoms with Crippen LogP contribution < -0.4 is 4.90 Å². The monoisotopic (exact) mass is 493 g/mol. The van der Waals surface area contributed by atoms with Gasteiger partial charge in [-0.15, -0.1) is 0 Å². The van der Waals surface area contributed by atoms with Crippen molar-refractivity contribution >= 4 is 60.1 Å². The van der Waals surface area contributed by atoms with Crippen LogP contribution in [0.5, 0.6) is 0 Å². The van der Waals surface area contributed by atoms with Crippen LogP contribution in [0.15, 0.2) is 40.9 Å². The molecule has 29 heavy (non-hydrogen) atoms. The number of anilines is 1. The Morgan fingerprint density at radius 2 is 2.10 bits per heavy atom. The summed E-state index contributed by atoms with van der Waals surface area (Å²) in [6, 6.07) is 11.3. The standard InChI is InChI=1S/C21H21BrClN3O2S/c1-14-5-6-17(23)19-18(14)24-21(29-19)26(8-7-25-9-11-28-12-10-25)20(27)15-3-2-4-16(22)13-15/h2-6,13H,7-12H2,1H3. The molecule has 5 nitrogen and oxygen atoms in total. The summed E-state index contributed by atoms with van der Waals surface area (Å²) in [5, 5.41) is 1.34. The lowest BCUT2D eigenvalue weighted by molar-refractivity contribution is 0.0391. The summed E-state index contributed by atoms with van der Waals surface area (Å²) in [7, 11) is 0. The van der Waals surface area contributed by atoms with Crippen LogP contribution >= 0.6 is 38.9 Å². The summed E-state index contributed by atoms with van der Waals surface area (Å²) >= 11 is 11.3. The second kappa shape index (κ2) is 9.10. The third-order valence-electron chi connectivity index (χ3n) is 4.98. The number of carbonyl (C=O) groups is 1. The largest absolute Gasteiger partial charge is 0.379 e. The van der Waals surface area contributed by atoms with Gasteiger partial charge in [0.05, 0.1) is 28.5 Å². The van der Waals surface area contributed by atoms with Crippen LogP contribution in [0.4, 0.5) is 5.13 Å². The van der Waals surface area contributed by atoms with Crippen LogP contribution in [0.2, 0.25) is 5.02 Å². The quantitative estimate of drug-likeness (QED) is 0.501. The van der Waals surface area contributed by atoms with Crippen molar-refractivity contribution in [2.45, 2.75) is 6.92 Å². The molecule has 1 fully saturated rings. The van der Waals surface area contributed by atoms with Gasteiger partial charge in [-0.1, -0.05) is 51.0 Å². The van der Waals surface area contributed by atoms with Gasteiger partial charge in [-0.05, 0) is 36.8 Å². The van der Waals surface area contributed by atoms with E-state index in [4.69, 9.17) is 21.3 Å². The Morgan fingerprint density at radius 1 is 1.31 bits per heavy atom. The molecule has 8 heteroatoms. The van der Waals surface area contributed by atoms with Gasteiger partial charge in [-0.25, -0.2) is 4.98 Å². The van der Waals surface area contributed by atoms with Crippen LogP contribution in [-0.2, 0) is 4.74 Å². The lowest BCUT2D eigenvalue weighted by Crippen LogP contribution is -2.43. The van der Waals surface area contributed by atoms with E-state index in [0.717, 1.165) is 53.1 Å². The minimum Gasteiger partial charge on any atom is -0.379 e. The average molecular weight is 495 g/mol. The Kier molecular flexibility index (Phi) is 6.51. The fourth-order valence-electron chi connectivity index (χ4n) is 3.33. The smallest absolute Gasteiger partial charge is 0.260 e. The number of rotatable bonds is 5. The maximum absolute atomic E-state index is 13.4. The van der Waals surface area contributed by atoms with Gasteiger partial charge in [0.2, 0.25) is 0 Å². The number of carbonyl (C=O) groups excluding carboxylic acids is 1. The second-order valence-corrected chi connectivity index (χ2v) is 9.26. The van der Waals surface area contributed by atoms with E-state index in [1.165, 1.54) is 11.3 Å². The molecule has 0 atom stereocenters. The molecule has 0 aliphatic carbocycles. The Morgan fingerprint density at radius 3 is 2.83 bits per heavy atom. The van der Waals surface area contributed by atoms with Crippen molar-refractivity contribution in [2.75, 3.05) is 44.3 Å². The van der Waals surface area contributed by atoms with E-state index in [1.54, 1.807) is 4.90 Å². The average Bonchev–Trinajstić information content (AvgIpc) is 3.18. The van der Waals surface area contributed by atoms with Crippen molar-refractivity contribution in [3.63, 3.8) is 0 Å². The van der Waals surface area contributed by atoms with E-state index in [-0.39, 0.29) is 5.91 Å². The Hall–Kier alpha value is -1.51. The molecule has 2 aromatic carbocycles. The highest BCUT2D eigenvalue weighted by Gasteiger charge is 2.24. The van der Waals surface area contributed by atoms with Crippen molar-refractivity contribution in [3.05, 3.63) is 57.0 Å². The molecule has 1 aliphatic rings. The Labute approximate surface area is 187 Å². The van der Waals surface area contributed by atoms with E-state index >= 15 is 0 Å². The maximum Gasteiger partial charge on any atom is 0.260 e. The summed E-state index contributed by atoms with van der Waals surface area (Å²) in [5.41, 5.74) is 2.54. The van der Waals surface area contributed by atoms with Crippen LogP contribution in [0.25, 0.3) is 10.2 Å². The number of ether oxygens (including phenoxy) is 1. The third-order valence-corrected chi connectivity index (χ3v) is 7.01. The highest BCUT2D eigenvalue weighted by molar-refractivity contribution is 9.10. The molecule has 152 valence electrons. The van der Waals surface area contributed by atoms with E-state index < -0.39 is 0 Å². The zero-order chi connectivity index (χ0) is 20.4. The van der Waals surface area contributed by atoms with Crippen LogP contribution in [0.1, 0.15) is 15.9 Å². The molecule has 0 N–H and O–H groups in total. The van der Waals surface area contributed by atoms with Crippen molar-refractivity contribution in [3.8, 4) is 0 Å². The number of nitrogens with zero attached hydrogens (tertiary/aromatic N) is 3. The number of amides is 1. The number of benzene rings is 2. The normalized spacial score (nSPS) is 15.0. The van der Waals surface area contributed by atoms with Crippen molar-refractivity contribution < 1.29 is 9.53 Å². The van der Waals surface area contributed by atoms with E-state index in [9.17, 15) is 4.79 Å². The topological polar surface area (TPSA) is 45.7 Å². The molecule has 4 rings (SSSR count). The summed E-state index contributed by atoms with van der Waals surface area (Å²) in [6.45, 7) is 6.56. The molecule has 0 unspecified atom stereocenters. The minimum absolute atomic E-state index is 0.0626. The summed E-state index contributed by atoms with van der Waals surface area (Å²) in [6.07, 6.45) is 0. The first-order valence-electron chi connectivity index (χ1n) is 9.46. The predicted octanol–water partition coefficient (Wildman–Crippen LogP) is 5.00. The number of aryl methyl sites for hydroxylation is 1. The minimum atomic E-state index is -0.0626. The molecular formula is C21H21BrClN3O2S. The predicted molar refractivity (Wildman–Crippen MR) is 122 cm³/mol. The fraction of sp³-hybridized carbons (Fsp3) is 0.333. The van der Waals surface area contributed by atoms with Crippen molar-refractivity contribution in [1.29, 1.82) is 0 Å². The molecule has 3 aromatic rings. The third kappa shape index (κ3) is 4.64. The van der Waals surface area contributed by atoms with Gasteiger partial charge < -0.3 is 4.74 Å². The van der Waals surface area contributed by atoms with Crippen molar-refractivity contribution in [2.24, 2.45) is 0 Å². The van der Waals surface area contributed by atoms with E-state index in [2.05, 4.69) is 20.8 Å². The molecule has 0 spiro atoms. The van der Waals surface area contributed by atoms with Crippen molar-refractivity contribution in [1.82, 2.24) is 9.88 Å². The summed E-state index contributed by atoms with van der Waals surface area (Å²) in [4.78, 5) is 22.3. The highest BCUT2D eigenvalue weighted by atomic mass is 79.9. The molecule has 0 radical (unpaired) electrons. The summed E-state index contributed by atoms with van der Waals surface area (Å²) < 4.78 is 7.23. The number of halogens is 2. The summed E-state index contributed by atoms with van der Waals surface area (Å²) in [5.74, 6) is -0.0626. The van der Waals surface area contributed by atoms with Gasteiger partial charge in [-0.2, -0.15) is 0 Å². The van der Waals surface area contributed by atoms with Gasteiger partial charge in [0, 0.05) is 36.2 Å². The molecule has 1 amide bonds. The number of fused-ring (bicyclic) bond motifs is 1. The zero-order valence-electron chi connectivity index (χ0n) is 16.0. The Bertz CT molecular complexity index is 997. The first-order chi connectivity index (χ1) is 14.0. The van der Waals surface area contributed by atoms with Crippen LogP contribution in [0, 0.1) is 6.92 Å². The molecule has 1 aliphatic heterocycles. The van der Waals surface area contributed by atoms with E-state index in [0.29, 0.717) is 22.3 Å². The van der Waals surface area contributed by atoms with Crippen LogP contribution in [0.3, 0.4) is 0 Å². The first-order valence-corrected chi connectivity index (χ1v) is 11.4. The molecular weight excluding hydrogens is 474 g/mol. The van der Waals surface area contributed by atoms with Gasteiger partial charge in [-0.3, -0.25) is 14.6 Å². The van der Waals surface area contributed by atoms with Gasteiger partial charge in [0.15, 0.2) is 5.13 Å². The number of aromatic nitrogens is 1. The zero-order valence-corrected chi connectivity index (χ0v) is 19.2. The number of thiazole rings is 1. The van der Waals surface area contributed by atoms with Gasteiger partial charge >= 0.3 is 0 Å².